The Hall–Kier alpha value is -0.860. The molecule has 0 aliphatic heterocycles. The van der Waals surface area contributed by atoms with Crippen LogP contribution in [0.3, 0.4) is 0 Å². The highest BCUT2D eigenvalue weighted by Gasteiger charge is 2.01. The van der Waals surface area contributed by atoms with E-state index in [9.17, 15) is 0 Å². The fraction of sp³-hybridized carbons (Fsp3) is 0.455. The van der Waals surface area contributed by atoms with Gasteiger partial charge in [0.2, 0.25) is 0 Å². The van der Waals surface area contributed by atoms with Crippen molar-refractivity contribution in [3.63, 3.8) is 0 Å². The van der Waals surface area contributed by atoms with E-state index >= 15 is 0 Å². The molecule has 0 aliphatic rings. The van der Waals surface area contributed by atoms with Gasteiger partial charge < -0.3 is 5.73 Å². The molecule has 1 aromatic rings. The Bertz CT molecular complexity index is 281. The molecule has 0 fully saturated rings. The van der Waals surface area contributed by atoms with Crippen LogP contribution in [0.15, 0.2) is 18.2 Å². The Kier molecular flexibility index (Phi) is 3.46. The van der Waals surface area contributed by atoms with Gasteiger partial charge >= 0.3 is 0 Å². The summed E-state index contributed by atoms with van der Waals surface area (Å²) in [6.45, 7) is 5.79. The van der Waals surface area contributed by atoms with Crippen LogP contribution >= 0.6 is 0 Å². The summed E-state index contributed by atoms with van der Waals surface area (Å²) in [5.74, 6) is 0. The maximum Gasteiger partial charge on any atom is 0.0455 e. The standard InChI is InChI=1S/C11H18N2/c1-9-4-5-10(2)11(6-9)7-13(3)8-12/h4-6H,7-8,12H2,1-3H3. The quantitative estimate of drug-likeness (QED) is 0.713. The molecule has 0 spiro atoms. The van der Waals surface area contributed by atoms with Crippen LogP contribution in [-0.2, 0) is 6.54 Å². The Labute approximate surface area is 80.4 Å². The minimum absolute atomic E-state index is 0.605. The van der Waals surface area contributed by atoms with Crippen molar-refractivity contribution < 1.29 is 0 Å². The summed E-state index contributed by atoms with van der Waals surface area (Å²) < 4.78 is 0. The molecule has 2 nitrogen and oxygen atoms in total. The van der Waals surface area contributed by atoms with Crippen LogP contribution in [-0.4, -0.2) is 18.6 Å². The summed E-state index contributed by atoms with van der Waals surface area (Å²) in [5, 5.41) is 0. The van der Waals surface area contributed by atoms with Crippen molar-refractivity contribution in [1.82, 2.24) is 4.90 Å². The van der Waals surface area contributed by atoms with E-state index < -0.39 is 0 Å². The summed E-state index contributed by atoms with van der Waals surface area (Å²) in [5.41, 5.74) is 9.55. The predicted octanol–water partition coefficient (Wildman–Crippen LogP) is 1.65. The lowest BCUT2D eigenvalue weighted by molar-refractivity contribution is 0.336. The van der Waals surface area contributed by atoms with Gasteiger partial charge in [-0.1, -0.05) is 23.8 Å². The van der Waals surface area contributed by atoms with E-state index in [1.54, 1.807) is 0 Å². The molecule has 0 aromatic heterocycles. The number of rotatable bonds is 3. The molecule has 0 saturated heterocycles. The molecule has 1 aromatic carbocycles. The number of nitrogens with two attached hydrogens (primary N) is 1. The van der Waals surface area contributed by atoms with Gasteiger partial charge in [0.1, 0.15) is 0 Å². The zero-order valence-electron chi connectivity index (χ0n) is 8.67. The first-order valence-corrected chi connectivity index (χ1v) is 4.58. The van der Waals surface area contributed by atoms with Crippen LogP contribution in [0.2, 0.25) is 0 Å². The highest BCUT2D eigenvalue weighted by molar-refractivity contribution is 5.30. The van der Waals surface area contributed by atoms with Gasteiger partial charge in [-0.25, -0.2) is 0 Å². The number of benzene rings is 1. The first-order valence-electron chi connectivity index (χ1n) is 4.58. The van der Waals surface area contributed by atoms with E-state index in [1.807, 2.05) is 7.05 Å². The summed E-state index contributed by atoms with van der Waals surface area (Å²) in [6, 6.07) is 6.53. The van der Waals surface area contributed by atoms with E-state index in [2.05, 4.69) is 36.9 Å². The maximum absolute atomic E-state index is 5.53. The second kappa shape index (κ2) is 4.40. The van der Waals surface area contributed by atoms with Gasteiger partial charge in [-0.3, -0.25) is 4.90 Å². The predicted molar refractivity (Wildman–Crippen MR) is 56.4 cm³/mol. The maximum atomic E-state index is 5.53. The first-order chi connectivity index (χ1) is 6.13. The molecule has 0 radical (unpaired) electrons. The molecule has 1 rings (SSSR count). The molecule has 0 aliphatic carbocycles. The van der Waals surface area contributed by atoms with Gasteiger partial charge in [0.05, 0.1) is 0 Å². The van der Waals surface area contributed by atoms with Gasteiger partial charge in [0.15, 0.2) is 0 Å². The van der Waals surface area contributed by atoms with E-state index in [0.29, 0.717) is 6.67 Å². The molecule has 0 bridgehead atoms. The SMILES string of the molecule is Cc1ccc(C)c(CN(C)CN)c1. The monoisotopic (exact) mass is 178 g/mol. The van der Waals surface area contributed by atoms with Crippen LogP contribution in [0.1, 0.15) is 16.7 Å². The fourth-order valence-corrected chi connectivity index (χ4v) is 1.33. The van der Waals surface area contributed by atoms with Crippen LogP contribution < -0.4 is 5.73 Å². The number of hydrogen-bond acceptors (Lipinski definition) is 2. The molecule has 0 saturated carbocycles. The molecule has 72 valence electrons. The normalized spacial score (nSPS) is 10.8. The van der Waals surface area contributed by atoms with Crippen molar-refractivity contribution in [2.24, 2.45) is 5.73 Å². The number of hydrogen-bond donors (Lipinski definition) is 1. The summed E-state index contributed by atoms with van der Waals surface area (Å²) in [7, 11) is 2.03. The van der Waals surface area contributed by atoms with Crippen molar-refractivity contribution in [2.75, 3.05) is 13.7 Å². The summed E-state index contributed by atoms with van der Waals surface area (Å²) >= 11 is 0. The van der Waals surface area contributed by atoms with Gasteiger partial charge in [0, 0.05) is 13.2 Å². The van der Waals surface area contributed by atoms with Gasteiger partial charge in [-0.05, 0) is 32.0 Å². The highest BCUT2D eigenvalue weighted by atomic mass is 15.1. The lowest BCUT2D eigenvalue weighted by Gasteiger charge is -2.15. The van der Waals surface area contributed by atoms with Crippen LogP contribution in [0.4, 0.5) is 0 Å². The molecule has 0 amide bonds. The third-order valence-electron chi connectivity index (χ3n) is 2.26. The molecule has 13 heavy (non-hydrogen) atoms. The summed E-state index contributed by atoms with van der Waals surface area (Å²) in [6.07, 6.45) is 0. The van der Waals surface area contributed by atoms with E-state index in [0.717, 1.165) is 6.54 Å². The van der Waals surface area contributed by atoms with E-state index in [4.69, 9.17) is 5.73 Å². The van der Waals surface area contributed by atoms with Crippen molar-refractivity contribution in [3.05, 3.63) is 34.9 Å². The molecule has 2 heteroatoms. The lowest BCUT2D eigenvalue weighted by atomic mass is 10.1. The minimum Gasteiger partial charge on any atom is -0.318 e. The van der Waals surface area contributed by atoms with Crippen LogP contribution in [0.5, 0.6) is 0 Å². The van der Waals surface area contributed by atoms with Crippen LogP contribution in [0, 0.1) is 13.8 Å². The number of aryl methyl sites for hydroxylation is 2. The Morgan fingerprint density at radius 3 is 2.62 bits per heavy atom. The smallest absolute Gasteiger partial charge is 0.0455 e. The topological polar surface area (TPSA) is 29.3 Å². The van der Waals surface area contributed by atoms with Crippen molar-refractivity contribution in [2.45, 2.75) is 20.4 Å². The Balaban J connectivity index is 2.81. The molecule has 0 heterocycles. The van der Waals surface area contributed by atoms with Crippen LogP contribution in [0.25, 0.3) is 0 Å². The molecule has 2 N–H and O–H groups in total. The van der Waals surface area contributed by atoms with Gasteiger partial charge in [0.25, 0.3) is 0 Å². The molecular weight excluding hydrogens is 160 g/mol. The van der Waals surface area contributed by atoms with E-state index in [1.165, 1.54) is 16.7 Å². The van der Waals surface area contributed by atoms with Crippen molar-refractivity contribution in [3.8, 4) is 0 Å². The van der Waals surface area contributed by atoms with Gasteiger partial charge in [-0.15, -0.1) is 0 Å². The third kappa shape index (κ3) is 2.83. The average molecular weight is 178 g/mol. The zero-order chi connectivity index (χ0) is 9.84. The second-order valence-corrected chi connectivity index (χ2v) is 3.63. The molecule has 0 unspecified atom stereocenters. The highest BCUT2D eigenvalue weighted by Crippen LogP contribution is 2.11. The third-order valence-corrected chi connectivity index (χ3v) is 2.26. The number of nitrogens with zero attached hydrogens (tertiary/aromatic N) is 1. The zero-order valence-corrected chi connectivity index (χ0v) is 8.67. The molecule has 0 atom stereocenters. The fourth-order valence-electron chi connectivity index (χ4n) is 1.33. The second-order valence-electron chi connectivity index (χ2n) is 3.63. The minimum atomic E-state index is 0.605. The first kappa shape index (κ1) is 10.2. The van der Waals surface area contributed by atoms with Crippen molar-refractivity contribution in [1.29, 1.82) is 0 Å². The Morgan fingerprint density at radius 2 is 2.00 bits per heavy atom. The van der Waals surface area contributed by atoms with E-state index in [-0.39, 0.29) is 0 Å². The Morgan fingerprint density at radius 1 is 1.31 bits per heavy atom. The lowest BCUT2D eigenvalue weighted by Crippen LogP contribution is -2.25. The largest absolute Gasteiger partial charge is 0.318 e. The van der Waals surface area contributed by atoms with Gasteiger partial charge in [-0.2, -0.15) is 0 Å². The van der Waals surface area contributed by atoms with Crippen molar-refractivity contribution >= 4 is 0 Å². The molecular formula is C11H18N2. The summed E-state index contributed by atoms with van der Waals surface area (Å²) in [4.78, 5) is 2.10. The average Bonchev–Trinajstić information content (AvgIpc) is 2.11.